The van der Waals surface area contributed by atoms with Gasteiger partial charge in [-0.3, -0.25) is 9.69 Å². The van der Waals surface area contributed by atoms with E-state index in [1.54, 1.807) is 35.2 Å². The second-order valence-corrected chi connectivity index (χ2v) is 9.89. The number of amides is 1. The molecule has 2 saturated heterocycles. The summed E-state index contributed by atoms with van der Waals surface area (Å²) in [5.74, 6) is -0.188. The normalized spacial score (nSPS) is 23.8. The lowest BCUT2D eigenvalue weighted by atomic mass is 10.0. The average Bonchev–Trinajstić information content (AvgIpc) is 2.99. The van der Waals surface area contributed by atoms with E-state index >= 15 is 0 Å². The Morgan fingerprint density at radius 3 is 2.48 bits per heavy atom. The molecule has 2 heterocycles. The molecule has 0 N–H and O–H groups in total. The van der Waals surface area contributed by atoms with Crippen LogP contribution in [0.5, 0.6) is 5.75 Å². The van der Waals surface area contributed by atoms with E-state index in [2.05, 4.69) is 0 Å². The molecule has 9 heteroatoms. The summed E-state index contributed by atoms with van der Waals surface area (Å²) >= 11 is 6.22. The highest BCUT2D eigenvalue weighted by Gasteiger charge is 2.49. The third kappa shape index (κ3) is 3.97. The van der Waals surface area contributed by atoms with Crippen LogP contribution in [-0.2, 0) is 21.2 Å². The zero-order valence-electron chi connectivity index (χ0n) is 15.7. The van der Waals surface area contributed by atoms with Crippen molar-refractivity contribution in [3.63, 3.8) is 0 Å². The molecular weight excluding hydrogens is 419 g/mol. The van der Waals surface area contributed by atoms with E-state index in [0.29, 0.717) is 23.0 Å². The number of carbonyl (C=O) groups is 1. The van der Waals surface area contributed by atoms with E-state index in [4.69, 9.17) is 16.3 Å². The van der Waals surface area contributed by atoms with E-state index < -0.39 is 15.9 Å². The fourth-order valence-electron chi connectivity index (χ4n) is 4.10. The minimum Gasteiger partial charge on any atom is -0.495 e. The first-order valence-corrected chi connectivity index (χ1v) is 11.3. The number of sulfone groups is 1. The zero-order chi connectivity index (χ0) is 20.8. The summed E-state index contributed by atoms with van der Waals surface area (Å²) in [6.45, 7) is 0.442. The van der Waals surface area contributed by atoms with Gasteiger partial charge in [0.05, 0.1) is 36.2 Å². The van der Waals surface area contributed by atoms with Crippen LogP contribution in [0.15, 0.2) is 42.5 Å². The van der Waals surface area contributed by atoms with Crippen molar-refractivity contribution >= 4 is 33.0 Å². The molecule has 2 aromatic rings. The van der Waals surface area contributed by atoms with Crippen LogP contribution in [0.2, 0.25) is 5.02 Å². The second-order valence-electron chi connectivity index (χ2n) is 7.33. The first-order valence-electron chi connectivity index (χ1n) is 9.12. The molecule has 0 radical (unpaired) electrons. The number of anilines is 1. The maximum Gasteiger partial charge on any atom is 0.241 e. The van der Waals surface area contributed by atoms with E-state index in [1.165, 1.54) is 19.2 Å². The number of carbonyl (C=O) groups excluding carboxylic acids is 1. The Balaban J connectivity index is 1.66. The van der Waals surface area contributed by atoms with Gasteiger partial charge in [-0.05, 0) is 35.9 Å². The minimum absolute atomic E-state index is 0.0213. The van der Waals surface area contributed by atoms with E-state index in [9.17, 15) is 17.6 Å². The van der Waals surface area contributed by atoms with Gasteiger partial charge in [-0.1, -0.05) is 23.7 Å². The minimum atomic E-state index is -3.30. The van der Waals surface area contributed by atoms with Gasteiger partial charge in [0.25, 0.3) is 0 Å². The van der Waals surface area contributed by atoms with Crippen LogP contribution in [0.25, 0.3) is 0 Å². The summed E-state index contributed by atoms with van der Waals surface area (Å²) in [7, 11) is -1.80. The number of hydrogen-bond acceptors (Lipinski definition) is 5. The number of methoxy groups -OCH3 is 1. The molecule has 154 valence electrons. The number of halogens is 2. The largest absolute Gasteiger partial charge is 0.495 e. The van der Waals surface area contributed by atoms with Gasteiger partial charge in [0, 0.05) is 18.3 Å². The van der Waals surface area contributed by atoms with Crippen LogP contribution < -0.4 is 9.64 Å². The molecule has 0 aliphatic carbocycles. The summed E-state index contributed by atoms with van der Waals surface area (Å²) in [5.41, 5.74) is 1.37. The van der Waals surface area contributed by atoms with Gasteiger partial charge >= 0.3 is 0 Å². The van der Waals surface area contributed by atoms with Crippen LogP contribution in [-0.4, -0.2) is 56.5 Å². The molecule has 2 atom stereocenters. The van der Waals surface area contributed by atoms with E-state index in [0.717, 1.165) is 5.56 Å². The number of ether oxygens (including phenoxy) is 1. The molecule has 0 saturated carbocycles. The smallest absolute Gasteiger partial charge is 0.241 e. The molecule has 2 fully saturated rings. The van der Waals surface area contributed by atoms with Crippen LogP contribution in [0, 0.1) is 5.82 Å². The van der Waals surface area contributed by atoms with Gasteiger partial charge in [-0.15, -0.1) is 0 Å². The maximum atomic E-state index is 13.2. The molecule has 1 amide bonds. The monoisotopic (exact) mass is 438 g/mol. The summed E-state index contributed by atoms with van der Waals surface area (Å²) < 4.78 is 43.2. The number of benzene rings is 2. The highest BCUT2D eigenvalue weighted by atomic mass is 35.5. The molecule has 0 unspecified atom stereocenters. The van der Waals surface area contributed by atoms with Gasteiger partial charge in [0.2, 0.25) is 5.91 Å². The lowest BCUT2D eigenvalue weighted by Crippen LogP contribution is -2.61. The SMILES string of the molecule is COc1ccc(N2C(=O)CN(Cc3ccc(F)cc3)[C@@H]3CS(=O)(=O)C[C@@H]32)cc1Cl. The topological polar surface area (TPSA) is 66.9 Å². The van der Waals surface area contributed by atoms with E-state index in [-0.39, 0.29) is 35.8 Å². The molecule has 0 aromatic heterocycles. The number of nitrogens with zero attached hydrogens (tertiary/aromatic N) is 2. The van der Waals surface area contributed by atoms with Crippen molar-refractivity contribution < 1.29 is 22.3 Å². The zero-order valence-corrected chi connectivity index (χ0v) is 17.3. The van der Waals surface area contributed by atoms with Gasteiger partial charge in [0.15, 0.2) is 9.84 Å². The molecule has 6 nitrogen and oxygen atoms in total. The third-order valence-corrected chi connectivity index (χ3v) is 7.41. The molecule has 0 bridgehead atoms. The van der Waals surface area contributed by atoms with Gasteiger partial charge < -0.3 is 9.64 Å². The highest BCUT2D eigenvalue weighted by Crippen LogP contribution is 2.35. The van der Waals surface area contributed by atoms with Crippen LogP contribution in [0.3, 0.4) is 0 Å². The molecule has 2 aliphatic heterocycles. The molecule has 2 aliphatic rings. The van der Waals surface area contributed by atoms with Gasteiger partial charge in [-0.25, -0.2) is 12.8 Å². The highest BCUT2D eigenvalue weighted by molar-refractivity contribution is 7.91. The number of hydrogen-bond donors (Lipinski definition) is 0. The fourth-order valence-corrected chi connectivity index (χ4v) is 6.33. The quantitative estimate of drug-likeness (QED) is 0.733. The Kier molecular flexibility index (Phi) is 5.27. The molecule has 2 aromatic carbocycles. The van der Waals surface area contributed by atoms with Crippen molar-refractivity contribution in [1.82, 2.24) is 4.90 Å². The third-order valence-electron chi connectivity index (χ3n) is 5.41. The van der Waals surface area contributed by atoms with Crippen LogP contribution in [0.4, 0.5) is 10.1 Å². The maximum absolute atomic E-state index is 13.2. The Hall–Kier alpha value is -2.16. The lowest BCUT2D eigenvalue weighted by molar-refractivity contribution is -0.123. The summed E-state index contributed by atoms with van der Waals surface area (Å²) in [4.78, 5) is 16.4. The Labute approximate surface area is 173 Å². The first-order chi connectivity index (χ1) is 13.8. The number of piperazine rings is 1. The van der Waals surface area contributed by atoms with E-state index in [1.807, 2.05) is 4.90 Å². The standard InChI is InChI=1S/C20H20ClFN2O4S/c1-28-19-7-6-15(8-16(19)21)24-18-12-29(26,27)11-17(18)23(10-20(24)25)9-13-2-4-14(22)5-3-13/h2-8,17-18H,9-12H2,1H3/t17-,18+/m1/s1. The van der Waals surface area contributed by atoms with Crippen LogP contribution >= 0.6 is 11.6 Å². The molecular formula is C20H20ClFN2O4S. The summed E-state index contributed by atoms with van der Waals surface area (Å²) in [6, 6.07) is 10.1. The summed E-state index contributed by atoms with van der Waals surface area (Å²) in [6.07, 6.45) is 0. The summed E-state index contributed by atoms with van der Waals surface area (Å²) in [5, 5.41) is 0.351. The molecule has 29 heavy (non-hydrogen) atoms. The lowest BCUT2D eigenvalue weighted by Gasteiger charge is -2.43. The average molecular weight is 439 g/mol. The van der Waals surface area contributed by atoms with Crippen molar-refractivity contribution in [2.45, 2.75) is 18.6 Å². The molecule has 0 spiro atoms. The second kappa shape index (κ2) is 7.59. The molecule has 4 rings (SSSR count). The Morgan fingerprint density at radius 1 is 1.14 bits per heavy atom. The Morgan fingerprint density at radius 2 is 1.83 bits per heavy atom. The van der Waals surface area contributed by atoms with Crippen molar-refractivity contribution in [3.8, 4) is 5.75 Å². The van der Waals surface area contributed by atoms with Gasteiger partial charge in [0.1, 0.15) is 11.6 Å². The first kappa shape index (κ1) is 20.1. The number of rotatable bonds is 4. The van der Waals surface area contributed by atoms with Crippen LogP contribution in [0.1, 0.15) is 5.56 Å². The Bertz CT molecular complexity index is 1040. The van der Waals surface area contributed by atoms with Crippen molar-refractivity contribution in [1.29, 1.82) is 0 Å². The fraction of sp³-hybridized carbons (Fsp3) is 0.350. The van der Waals surface area contributed by atoms with Crippen molar-refractivity contribution in [2.75, 3.05) is 30.1 Å². The van der Waals surface area contributed by atoms with Crippen molar-refractivity contribution in [2.24, 2.45) is 0 Å². The van der Waals surface area contributed by atoms with Gasteiger partial charge in [-0.2, -0.15) is 0 Å². The number of fused-ring (bicyclic) bond motifs is 1. The predicted molar refractivity (Wildman–Crippen MR) is 109 cm³/mol. The van der Waals surface area contributed by atoms with Crippen molar-refractivity contribution in [3.05, 3.63) is 58.9 Å². The predicted octanol–water partition coefficient (Wildman–Crippen LogP) is 2.50.